The molecule has 5 rings (SSSR count). The van der Waals surface area contributed by atoms with E-state index in [0.717, 1.165) is 37.4 Å². The van der Waals surface area contributed by atoms with Gasteiger partial charge < -0.3 is 9.84 Å². The molecule has 0 heterocycles. The molecule has 5 aliphatic rings. The summed E-state index contributed by atoms with van der Waals surface area (Å²) in [4.78, 5) is 24.8. The number of carbonyl (C=O) groups excluding carboxylic acids is 1. The maximum atomic E-state index is 12.9. The van der Waals surface area contributed by atoms with Crippen molar-refractivity contribution in [3.8, 4) is 0 Å². The third kappa shape index (κ3) is 3.64. The predicted molar refractivity (Wildman–Crippen MR) is 155 cm³/mol. The Labute approximate surface area is 239 Å². The van der Waals surface area contributed by atoms with Gasteiger partial charge in [0, 0.05) is 17.7 Å². The molecule has 214 valence electrons. The highest BCUT2D eigenvalue weighted by Crippen LogP contribution is 2.77. The highest BCUT2D eigenvalue weighted by Gasteiger charge is 2.72. The number of esters is 1. The van der Waals surface area contributed by atoms with Gasteiger partial charge in [0.15, 0.2) is 0 Å². The first kappa shape index (κ1) is 28.7. The smallest absolute Gasteiger partial charge is 0.309 e. The van der Waals surface area contributed by atoms with Crippen molar-refractivity contribution in [3.63, 3.8) is 0 Å². The van der Waals surface area contributed by atoms with Gasteiger partial charge in [0.25, 0.3) is 0 Å². The number of hydrogen-bond acceptors (Lipinski definition) is 3. The highest BCUT2D eigenvalue weighted by molar-refractivity contribution is 9.09. The normalized spacial score (nSPS) is 51.7. The zero-order valence-electron chi connectivity index (χ0n) is 24.7. The Morgan fingerprint density at radius 1 is 0.921 bits per heavy atom. The third-order valence-electron chi connectivity index (χ3n) is 14.4. The van der Waals surface area contributed by atoms with E-state index in [4.69, 9.17) is 4.74 Å². The van der Waals surface area contributed by atoms with Crippen LogP contribution in [0.3, 0.4) is 0 Å². The number of carbonyl (C=O) groups is 2. The van der Waals surface area contributed by atoms with Crippen LogP contribution in [-0.4, -0.2) is 29.0 Å². The number of rotatable bonds is 5. The quantitative estimate of drug-likeness (QED) is 0.199. The zero-order valence-corrected chi connectivity index (χ0v) is 26.3. The first-order valence-electron chi connectivity index (χ1n) is 15.3. The second-order valence-corrected chi connectivity index (χ2v) is 15.9. The Morgan fingerprint density at radius 3 is 2.26 bits per heavy atom. The Kier molecular flexibility index (Phi) is 7.05. The Hall–Kier alpha value is -0.840. The summed E-state index contributed by atoms with van der Waals surface area (Å²) >= 11 is 3.67. The summed E-state index contributed by atoms with van der Waals surface area (Å²) in [6.07, 6.45) is 10.8. The Balaban J connectivity index is 1.53. The molecule has 5 fully saturated rings. The average Bonchev–Trinajstić information content (AvgIpc) is 3.26. The van der Waals surface area contributed by atoms with Gasteiger partial charge in [-0.2, -0.15) is 0 Å². The van der Waals surface area contributed by atoms with Gasteiger partial charge in [-0.3, -0.25) is 9.59 Å². The van der Waals surface area contributed by atoms with E-state index in [-0.39, 0.29) is 33.5 Å². The van der Waals surface area contributed by atoms with Crippen molar-refractivity contribution < 1.29 is 19.4 Å². The fourth-order valence-electron chi connectivity index (χ4n) is 12.0. The van der Waals surface area contributed by atoms with Gasteiger partial charge in [-0.1, -0.05) is 62.7 Å². The molecule has 0 radical (unpaired) electrons. The van der Waals surface area contributed by atoms with Crippen LogP contribution < -0.4 is 0 Å². The van der Waals surface area contributed by atoms with E-state index in [9.17, 15) is 14.7 Å². The number of carboxylic acids is 1. The van der Waals surface area contributed by atoms with E-state index >= 15 is 0 Å². The molecule has 0 bridgehead atoms. The average molecular weight is 592 g/mol. The molecule has 4 nitrogen and oxygen atoms in total. The van der Waals surface area contributed by atoms with E-state index in [0.29, 0.717) is 36.2 Å². The minimum atomic E-state index is -0.576. The molecular formula is C33H51BrO4. The molecule has 5 saturated carbocycles. The van der Waals surface area contributed by atoms with Gasteiger partial charge in [-0.15, -0.1) is 0 Å². The molecule has 5 heteroatoms. The molecule has 1 N–H and O–H groups in total. The monoisotopic (exact) mass is 590 g/mol. The van der Waals surface area contributed by atoms with Crippen molar-refractivity contribution in [2.24, 2.45) is 62.6 Å². The lowest BCUT2D eigenvalue weighted by Crippen LogP contribution is -2.67. The van der Waals surface area contributed by atoms with Crippen LogP contribution >= 0.6 is 15.9 Å². The molecule has 0 spiro atoms. The maximum Gasteiger partial charge on any atom is 0.309 e. The lowest BCUT2D eigenvalue weighted by atomic mass is 9.32. The van der Waals surface area contributed by atoms with Gasteiger partial charge in [-0.05, 0) is 116 Å². The van der Waals surface area contributed by atoms with Crippen molar-refractivity contribution in [2.75, 3.05) is 11.9 Å². The molecule has 4 unspecified atom stereocenters. The van der Waals surface area contributed by atoms with Gasteiger partial charge in [-0.25, -0.2) is 0 Å². The molecule has 0 aromatic carbocycles. The highest BCUT2D eigenvalue weighted by atomic mass is 79.9. The summed E-state index contributed by atoms with van der Waals surface area (Å²) in [5, 5.41) is 11.4. The van der Waals surface area contributed by atoms with Gasteiger partial charge >= 0.3 is 11.9 Å². The number of alkyl halides is 1. The number of halogens is 1. The van der Waals surface area contributed by atoms with Crippen LogP contribution in [0.25, 0.3) is 0 Å². The van der Waals surface area contributed by atoms with Crippen LogP contribution in [0.4, 0.5) is 0 Å². The number of fused-ring (bicyclic) bond motifs is 7. The first-order valence-corrected chi connectivity index (χ1v) is 16.4. The van der Waals surface area contributed by atoms with Crippen molar-refractivity contribution in [1.29, 1.82) is 0 Å². The number of carboxylic acid groups (broad SMARTS) is 1. The van der Waals surface area contributed by atoms with Crippen molar-refractivity contribution in [2.45, 2.75) is 106 Å². The lowest BCUT2D eigenvalue weighted by Gasteiger charge is -2.73. The van der Waals surface area contributed by atoms with Crippen LogP contribution in [0, 0.1) is 62.6 Å². The minimum absolute atomic E-state index is 0.00689. The first-order chi connectivity index (χ1) is 17.7. The van der Waals surface area contributed by atoms with E-state index < -0.39 is 11.4 Å². The summed E-state index contributed by atoms with van der Waals surface area (Å²) in [5.74, 6) is 1.93. The number of ether oxygens (including phenoxy) is 1. The minimum Gasteiger partial charge on any atom is -0.481 e. The second kappa shape index (κ2) is 9.35. The molecular weight excluding hydrogens is 540 g/mol. The SMILES string of the molecule is C=C(CBr)[C@@H]1CC[C@]2(C(=O)O)CC[C@]3(C)C(CCC4[C@@]5(C)CC[C@H](C)[C@@](C)(COC(C)=O)C5CC[C@]43C)C12. The van der Waals surface area contributed by atoms with Gasteiger partial charge in [0.1, 0.15) is 0 Å². The second-order valence-electron chi connectivity index (χ2n) is 15.3. The fourth-order valence-corrected chi connectivity index (χ4v) is 12.4. The van der Waals surface area contributed by atoms with E-state index in [1.54, 1.807) is 0 Å². The fraction of sp³-hybridized carbons (Fsp3) is 0.879. The summed E-state index contributed by atoms with van der Waals surface area (Å²) < 4.78 is 5.73. The van der Waals surface area contributed by atoms with Crippen LogP contribution in [0.5, 0.6) is 0 Å². The predicted octanol–water partition coefficient (Wildman–Crippen LogP) is 8.28. The van der Waals surface area contributed by atoms with Gasteiger partial charge in [0.05, 0.1) is 12.0 Å². The Morgan fingerprint density at radius 2 is 1.63 bits per heavy atom. The molecule has 38 heavy (non-hydrogen) atoms. The molecule has 0 saturated heterocycles. The van der Waals surface area contributed by atoms with Crippen molar-refractivity contribution in [1.82, 2.24) is 0 Å². The maximum absolute atomic E-state index is 12.9. The van der Waals surface area contributed by atoms with Crippen LogP contribution in [-0.2, 0) is 14.3 Å². The molecule has 11 atom stereocenters. The number of hydrogen-bond donors (Lipinski definition) is 1. The Bertz CT molecular complexity index is 1010. The van der Waals surface area contributed by atoms with Crippen LogP contribution in [0.2, 0.25) is 0 Å². The molecule has 0 amide bonds. The van der Waals surface area contributed by atoms with Crippen molar-refractivity contribution >= 4 is 27.9 Å². The molecule has 0 aliphatic heterocycles. The molecule has 5 aliphatic carbocycles. The molecule has 0 aromatic rings. The standard InChI is InChI=1S/C33H51BrO4/c1-20(18-34)23-11-15-33(28(36)37)17-16-31(6)24(27(23)33)8-9-26-29(4)13-10-21(2)30(5,19-38-22(3)35)25(29)12-14-32(26,31)7/h21,23-27H,1,8-19H2,2-7H3,(H,36,37)/t21-,23-,24?,25?,26?,27?,29-,30+,31+,32+,33-/m0/s1. The summed E-state index contributed by atoms with van der Waals surface area (Å²) in [5.41, 5.74) is 1.18. The van der Waals surface area contributed by atoms with E-state index in [1.165, 1.54) is 44.6 Å². The summed E-state index contributed by atoms with van der Waals surface area (Å²) in [6.45, 7) is 19.0. The summed E-state index contributed by atoms with van der Waals surface area (Å²) in [6, 6.07) is 0. The topological polar surface area (TPSA) is 63.6 Å². The molecule has 0 aromatic heterocycles. The number of allylic oxidation sites excluding steroid dienone is 1. The van der Waals surface area contributed by atoms with E-state index in [1.807, 2.05) is 0 Å². The van der Waals surface area contributed by atoms with Crippen molar-refractivity contribution in [3.05, 3.63) is 12.2 Å². The largest absolute Gasteiger partial charge is 0.481 e. The van der Waals surface area contributed by atoms with E-state index in [2.05, 4.69) is 57.1 Å². The lowest BCUT2D eigenvalue weighted by molar-refractivity contribution is -0.248. The zero-order chi connectivity index (χ0) is 27.9. The van der Waals surface area contributed by atoms with Crippen LogP contribution in [0.15, 0.2) is 12.2 Å². The summed E-state index contributed by atoms with van der Waals surface area (Å²) in [7, 11) is 0. The van der Waals surface area contributed by atoms with Crippen LogP contribution in [0.1, 0.15) is 106 Å². The number of aliphatic carboxylic acids is 1. The third-order valence-corrected chi connectivity index (χ3v) is 15.2. The van der Waals surface area contributed by atoms with Gasteiger partial charge in [0.2, 0.25) is 0 Å².